The molecule has 1 aromatic rings. The van der Waals surface area contributed by atoms with Crippen LogP contribution in [0.2, 0.25) is 0 Å². The van der Waals surface area contributed by atoms with Gasteiger partial charge in [0.15, 0.2) is 5.78 Å². The van der Waals surface area contributed by atoms with E-state index in [2.05, 4.69) is 0 Å². The van der Waals surface area contributed by atoms with Gasteiger partial charge in [-0.15, -0.1) is 0 Å². The van der Waals surface area contributed by atoms with E-state index in [1.54, 1.807) is 32.2 Å². The lowest BCUT2D eigenvalue weighted by molar-refractivity contribution is -0.140. The molecular formula is C19H24O4. The van der Waals surface area contributed by atoms with E-state index in [1.807, 2.05) is 12.1 Å². The van der Waals surface area contributed by atoms with Crippen molar-refractivity contribution in [2.75, 3.05) is 13.7 Å². The lowest BCUT2D eigenvalue weighted by Crippen LogP contribution is -2.24. The van der Waals surface area contributed by atoms with Crippen molar-refractivity contribution in [1.82, 2.24) is 0 Å². The molecular weight excluding hydrogens is 292 g/mol. The Hall–Kier alpha value is -2.10. The highest BCUT2D eigenvalue weighted by Gasteiger charge is 2.28. The lowest BCUT2D eigenvalue weighted by atomic mass is 9.83. The molecule has 0 spiro atoms. The number of ether oxygens (including phenoxy) is 2. The van der Waals surface area contributed by atoms with Crippen LogP contribution in [-0.4, -0.2) is 25.5 Å². The van der Waals surface area contributed by atoms with Gasteiger partial charge in [-0.3, -0.25) is 4.79 Å². The van der Waals surface area contributed by atoms with Crippen LogP contribution in [0, 0.1) is 5.92 Å². The molecule has 4 nitrogen and oxygen atoms in total. The van der Waals surface area contributed by atoms with E-state index < -0.39 is 5.97 Å². The van der Waals surface area contributed by atoms with Gasteiger partial charge in [-0.25, -0.2) is 4.79 Å². The first-order chi connectivity index (χ1) is 11.2. The number of hydrogen-bond acceptors (Lipinski definition) is 4. The average Bonchev–Trinajstić information content (AvgIpc) is 2.60. The van der Waals surface area contributed by atoms with E-state index in [9.17, 15) is 9.59 Å². The van der Waals surface area contributed by atoms with Gasteiger partial charge in [0.25, 0.3) is 0 Å². The van der Waals surface area contributed by atoms with E-state index in [-0.39, 0.29) is 23.9 Å². The van der Waals surface area contributed by atoms with Gasteiger partial charge in [0.1, 0.15) is 11.3 Å². The van der Waals surface area contributed by atoms with Crippen LogP contribution in [0.1, 0.15) is 44.6 Å². The minimum Gasteiger partial charge on any atom is -0.497 e. The zero-order chi connectivity index (χ0) is 16.7. The lowest BCUT2D eigenvalue weighted by Gasteiger charge is -2.21. The van der Waals surface area contributed by atoms with Gasteiger partial charge >= 0.3 is 5.97 Å². The molecule has 0 bridgehead atoms. The van der Waals surface area contributed by atoms with Gasteiger partial charge in [0.05, 0.1) is 13.7 Å². The molecule has 2 rings (SSSR count). The second-order valence-electron chi connectivity index (χ2n) is 5.75. The maximum absolute atomic E-state index is 12.7. The highest BCUT2D eigenvalue weighted by molar-refractivity contribution is 6.21. The Morgan fingerprint density at radius 1 is 1.13 bits per heavy atom. The molecule has 0 unspecified atom stereocenters. The summed E-state index contributed by atoms with van der Waals surface area (Å²) >= 11 is 0. The van der Waals surface area contributed by atoms with Crippen molar-refractivity contribution in [2.45, 2.75) is 39.0 Å². The Morgan fingerprint density at radius 3 is 2.35 bits per heavy atom. The molecule has 0 atom stereocenters. The summed E-state index contributed by atoms with van der Waals surface area (Å²) in [6.45, 7) is 2.00. The smallest absolute Gasteiger partial charge is 0.341 e. The molecule has 23 heavy (non-hydrogen) atoms. The summed E-state index contributed by atoms with van der Waals surface area (Å²) in [5, 5.41) is 0. The van der Waals surface area contributed by atoms with Crippen molar-refractivity contribution in [3.8, 4) is 5.75 Å². The summed E-state index contributed by atoms with van der Waals surface area (Å²) < 4.78 is 10.2. The molecule has 0 amide bonds. The number of methoxy groups -OCH3 is 1. The molecule has 1 aliphatic rings. The number of esters is 1. The first-order valence-electron chi connectivity index (χ1n) is 8.22. The van der Waals surface area contributed by atoms with Crippen molar-refractivity contribution >= 4 is 17.8 Å². The summed E-state index contributed by atoms with van der Waals surface area (Å²) in [7, 11) is 1.60. The second-order valence-corrected chi connectivity index (χ2v) is 5.75. The Balaban J connectivity index is 2.26. The molecule has 124 valence electrons. The van der Waals surface area contributed by atoms with Gasteiger partial charge in [-0.05, 0) is 43.5 Å². The van der Waals surface area contributed by atoms with Crippen LogP contribution in [0.4, 0.5) is 0 Å². The van der Waals surface area contributed by atoms with Crippen LogP contribution < -0.4 is 4.74 Å². The highest BCUT2D eigenvalue weighted by atomic mass is 16.5. The molecule has 1 aliphatic carbocycles. The maximum Gasteiger partial charge on any atom is 0.341 e. The number of Topliss-reactive ketones (excluding diaryl/α,β-unsaturated/α-hetero) is 1. The average molecular weight is 316 g/mol. The van der Waals surface area contributed by atoms with Crippen LogP contribution in [0.25, 0.3) is 6.08 Å². The Kier molecular flexibility index (Phi) is 6.39. The molecule has 1 aromatic carbocycles. The Morgan fingerprint density at radius 2 is 1.78 bits per heavy atom. The minimum atomic E-state index is -0.529. The van der Waals surface area contributed by atoms with Crippen LogP contribution in [0.15, 0.2) is 29.8 Å². The van der Waals surface area contributed by atoms with E-state index in [0.29, 0.717) is 0 Å². The third-order valence-electron chi connectivity index (χ3n) is 4.16. The van der Waals surface area contributed by atoms with Crippen LogP contribution in [-0.2, 0) is 14.3 Å². The van der Waals surface area contributed by atoms with Crippen molar-refractivity contribution in [3.63, 3.8) is 0 Å². The predicted octanol–water partition coefficient (Wildman–Crippen LogP) is 3.79. The predicted molar refractivity (Wildman–Crippen MR) is 89.2 cm³/mol. The summed E-state index contributed by atoms with van der Waals surface area (Å²) in [5.41, 5.74) is 0.946. The quantitative estimate of drug-likeness (QED) is 0.347. The van der Waals surface area contributed by atoms with E-state index in [1.165, 1.54) is 6.42 Å². The Bertz CT molecular complexity index is 566. The fourth-order valence-corrected chi connectivity index (χ4v) is 2.89. The van der Waals surface area contributed by atoms with Gasteiger partial charge in [-0.2, -0.15) is 0 Å². The van der Waals surface area contributed by atoms with Gasteiger partial charge in [0.2, 0.25) is 0 Å². The normalized spacial score (nSPS) is 16.0. The molecule has 4 heteroatoms. The summed E-state index contributed by atoms with van der Waals surface area (Å²) in [4.78, 5) is 25.0. The molecule has 1 fully saturated rings. The summed E-state index contributed by atoms with van der Waals surface area (Å²) in [6, 6.07) is 7.26. The Labute approximate surface area is 137 Å². The fourth-order valence-electron chi connectivity index (χ4n) is 2.89. The molecule has 0 N–H and O–H groups in total. The molecule has 1 saturated carbocycles. The number of carbonyl (C=O) groups is 2. The van der Waals surface area contributed by atoms with Crippen molar-refractivity contribution < 1.29 is 19.1 Å². The minimum absolute atomic E-state index is 0.0577. The van der Waals surface area contributed by atoms with Crippen LogP contribution in [0.3, 0.4) is 0 Å². The fraction of sp³-hybridized carbons (Fsp3) is 0.474. The number of ketones is 1. The van der Waals surface area contributed by atoms with Gasteiger partial charge < -0.3 is 9.47 Å². The van der Waals surface area contributed by atoms with Gasteiger partial charge in [0, 0.05) is 5.92 Å². The zero-order valence-corrected chi connectivity index (χ0v) is 13.8. The summed E-state index contributed by atoms with van der Waals surface area (Å²) in [6.07, 6.45) is 6.62. The zero-order valence-electron chi connectivity index (χ0n) is 13.8. The van der Waals surface area contributed by atoms with E-state index in [0.717, 1.165) is 37.0 Å². The number of carbonyl (C=O) groups excluding carboxylic acids is 2. The maximum atomic E-state index is 12.7. The first kappa shape index (κ1) is 17.3. The van der Waals surface area contributed by atoms with Crippen molar-refractivity contribution in [1.29, 1.82) is 0 Å². The largest absolute Gasteiger partial charge is 0.497 e. The number of rotatable bonds is 6. The third-order valence-corrected chi connectivity index (χ3v) is 4.16. The van der Waals surface area contributed by atoms with Crippen LogP contribution >= 0.6 is 0 Å². The topological polar surface area (TPSA) is 52.6 Å². The van der Waals surface area contributed by atoms with Crippen molar-refractivity contribution in [3.05, 3.63) is 35.4 Å². The number of benzene rings is 1. The van der Waals surface area contributed by atoms with Crippen LogP contribution in [0.5, 0.6) is 5.75 Å². The first-order valence-corrected chi connectivity index (χ1v) is 8.22. The molecule has 0 saturated heterocycles. The van der Waals surface area contributed by atoms with Gasteiger partial charge in [-0.1, -0.05) is 31.4 Å². The van der Waals surface area contributed by atoms with E-state index >= 15 is 0 Å². The molecule has 0 aliphatic heterocycles. The SMILES string of the molecule is CCOC(=O)/C(=C/c1ccc(OC)cc1)C(=O)C1CCCCC1. The number of hydrogen-bond donors (Lipinski definition) is 0. The highest BCUT2D eigenvalue weighted by Crippen LogP contribution is 2.28. The third kappa shape index (κ3) is 4.68. The molecule has 0 radical (unpaired) electrons. The van der Waals surface area contributed by atoms with E-state index in [4.69, 9.17) is 9.47 Å². The van der Waals surface area contributed by atoms with Crippen molar-refractivity contribution in [2.24, 2.45) is 5.92 Å². The standard InChI is InChI=1S/C19H24O4/c1-3-23-19(21)17(18(20)15-7-5-4-6-8-15)13-14-9-11-16(22-2)12-10-14/h9-13,15H,3-8H2,1-2H3/b17-13+. The summed E-state index contributed by atoms with van der Waals surface area (Å²) in [5.74, 6) is 0.0638. The molecule has 0 heterocycles. The monoisotopic (exact) mass is 316 g/mol. The molecule has 0 aromatic heterocycles. The second kappa shape index (κ2) is 8.51.